The summed E-state index contributed by atoms with van der Waals surface area (Å²) in [6.45, 7) is 6.59. The van der Waals surface area contributed by atoms with Crippen molar-refractivity contribution in [2.45, 2.75) is 33.1 Å². The molecule has 110 valence electrons. The third-order valence-electron chi connectivity index (χ3n) is 3.44. The molecule has 0 radical (unpaired) electrons. The van der Waals surface area contributed by atoms with E-state index >= 15 is 0 Å². The zero-order valence-electron chi connectivity index (χ0n) is 12.0. The molecule has 0 amide bonds. The number of nitrogens with zero attached hydrogens (tertiary/aromatic N) is 4. The van der Waals surface area contributed by atoms with E-state index in [1.165, 1.54) is 6.20 Å². The third-order valence-corrected chi connectivity index (χ3v) is 3.44. The number of anilines is 2. The molecule has 1 aliphatic rings. The van der Waals surface area contributed by atoms with E-state index in [2.05, 4.69) is 22.2 Å². The highest BCUT2D eigenvalue weighted by Crippen LogP contribution is 2.29. The molecule has 1 aromatic heterocycles. The molecule has 1 aromatic rings. The molecule has 2 heterocycles. The highest BCUT2D eigenvalue weighted by molar-refractivity contribution is 5.59. The fraction of sp³-hybridized carbons (Fsp3) is 0.692. The lowest BCUT2D eigenvalue weighted by atomic mass is 10.0. The van der Waals surface area contributed by atoms with Crippen LogP contribution in [0.5, 0.6) is 0 Å². The zero-order valence-corrected chi connectivity index (χ0v) is 12.0. The lowest BCUT2D eigenvalue weighted by molar-refractivity contribution is -0.384. The summed E-state index contributed by atoms with van der Waals surface area (Å²) in [7, 11) is 0. The molecule has 1 N–H and O–H groups in total. The van der Waals surface area contributed by atoms with Crippen molar-refractivity contribution >= 4 is 17.5 Å². The number of nitro groups is 1. The van der Waals surface area contributed by atoms with E-state index in [-0.39, 0.29) is 5.69 Å². The average molecular weight is 279 g/mol. The number of nitrogens with one attached hydrogen (secondary N) is 1. The topological polar surface area (TPSA) is 84.2 Å². The predicted octanol–water partition coefficient (Wildman–Crippen LogP) is 2.44. The molecule has 1 unspecified atom stereocenters. The summed E-state index contributed by atoms with van der Waals surface area (Å²) in [5.74, 6) is 1.44. The highest BCUT2D eigenvalue weighted by atomic mass is 16.6. The van der Waals surface area contributed by atoms with Gasteiger partial charge in [0.05, 0.1) is 4.92 Å². The molecule has 1 fully saturated rings. The van der Waals surface area contributed by atoms with Gasteiger partial charge in [0.1, 0.15) is 6.20 Å². The maximum Gasteiger partial charge on any atom is 0.329 e. The molecule has 20 heavy (non-hydrogen) atoms. The molecule has 1 saturated heterocycles. The second-order valence-corrected chi connectivity index (χ2v) is 5.28. The minimum atomic E-state index is -0.405. The van der Waals surface area contributed by atoms with Crippen molar-refractivity contribution < 1.29 is 4.92 Å². The van der Waals surface area contributed by atoms with E-state index in [1.54, 1.807) is 0 Å². The van der Waals surface area contributed by atoms with Crippen molar-refractivity contribution in [2.75, 3.05) is 29.9 Å². The molecule has 7 nitrogen and oxygen atoms in total. The van der Waals surface area contributed by atoms with Crippen LogP contribution in [0.3, 0.4) is 0 Å². The number of aromatic nitrogens is 2. The quantitative estimate of drug-likeness (QED) is 0.658. The van der Waals surface area contributed by atoms with Crippen molar-refractivity contribution in [1.29, 1.82) is 0 Å². The van der Waals surface area contributed by atoms with Crippen LogP contribution in [0.4, 0.5) is 17.5 Å². The maximum absolute atomic E-state index is 11.1. The van der Waals surface area contributed by atoms with Crippen LogP contribution in [0.1, 0.15) is 33.1 Å². The molecule has 0 aromatic carbocycles. The summed E-state index contributed by atoms with van der Waals surface area (Å²) in [5, 5.41) is 14.2. The zero-order chi connectivity index (χ0) is 14.5. The Hall–Kier alpha value is -1.92. The summed E-state index contributed by atoms with van der Waals surface area (Å²) in [6.07, 6.45) is 4.46. The van der Waals surface area contributed by atoms with Crippen LogP contribution in [0, 0.1) is 16.0 Å². The summed E-state index contributed by atoms with van der Waals surface area (Å²) in [4.78, 5) is 21.1. The smallest absolute Gasteiger partial charge is 0.329 e. The number of rotatable bonds is 5. The van der Waals surface area contributed by atoms with Gasteiger partial charge in [0.15, 0.2) is 0 Å². The Kier molecular flexibility index (Phi) is 4.70. The van der Waals surface area contributed by atoms with Gasteiger partial charge in [-0.05, 0) is 25.2 Å². The van der Waals surface area contributed by atoms with E-state index in [0.717, 1.165) is 38.9 Å². The molecule has 7 heteroatoms. The van der Waals surface area contributed by atoms with E-state index in [1.807, 2.05) is 11.8 Å². The molecule has 2 rings (SSSR count). The average Bonchev–Trinajstić information content (AvgIpc) is 2.44. The van der Waals surface area contributed by atoms with Gasteiger partial charge in [-0.1, -0.05) is 13.8 Å². The van der Waals surface area contributed by atoms with Crippen LogP contribution < -0.4 is 10.2 Å². The molecular weight excluding hydrogens is 258 g/mol. The van der Waals surface area contributed by atoms with Crippen LogP contribution in [0.2, 0.25) is 0 Å². The summed E-state index contributed by atoms with van der Waals surface area (Å²) in [5.41, 5.74) is -0.0128. The minimum absolute atomic E-state index is 0.0128. The maximum atomic E-state index is 11.1. The third kappa shape index (κ3) is 3.34. The van der Waals surface area contributed by atoms with Gasteiger partial charge in [0.25, 0.3) is 0 Å². The number of hydrogen-bond donors (Lipinski definition) is 1. The van der Waals surface area contributed by atoms with Gasteiger partial charge in [-0.3, -0.25) is 10.1 Å². The van der Waals surface area contributed by atoms with Crippen LogP contribution in [-0.4, -0.2) is 34.5 Å². The highest BCUT2D eigenvalue weighted by Gasteiger charge is 2.26. The van der Waals surface area contributed by atoms with E-state index in [0.29, 0.717) is 17.7 Å². The Balaban J connectivity index is 2.28. The first kappa shape index (κ1) is 14.5. The minimum Gasteiger partial charge on any atom is -0.354 e. The molecule has 1 aliphatic heterocycles. The second-order valence-electron chi connectivity index (χ2n) is 5.28. The van der Waals surface area contributed by atoms with Crippen LogP contribution in [0.15, 0.2) is 6.20 Å². The Morgan fingerprint density at radius 3 is 3.05 bits per heavy atom. The van der Waals surface area contributed by atoms with E-state index in [4.69, 9.17) is 0 Å². The molecule has 0 aliphatic carbocycles. The van der Waals surface area contributed by atoms with Crippen molar-refractivity contribution in [2.24, 2.45) is 5.92 Å². The van der Waals surface area contributed by atoms with Crippen molar-refractivity contribution in [3.05, 3.63) is 16.3 Å². The van der Waals surface area contributed by atoms with Gasteiger partial charge in [0, 0.05) is 19.6 Å². The largest absolute Gasteiger partial charge is 0.354 e. The molecule has 0 saturated carbocycles. The summed E-state index contributed by atoms with van der Waals surface area (Å²) < 4.78 is 0. The first-order chi connectivity index (χ1) is 9.61. The Morgan fingerprint density at radius 2 is 2.40 bits per heavy atom. The number of piperidine rings is 1. The Morgan fingerprint density at radius 1 is 1.60 bits per heavy atom. The van der Waals surface area contributed by atoms with Crippen molar-refractivity contribution in [3.63, 3.8) is 0 Å². The van der Waals surface area contributed by atoms with Gasteiger partial charge in [-0.2, -0.15) is 4.98 Å². The van der Waals surface area contributed by atoms with Crippen LogP contribution >= 0.6 is 0 Å². The molecular formula is C13H21N5O2. The Labute approximate surface area is 118 Å². The normalized spacial score (nSPS) is 18.9. The van der Waals surface area contributed by atoms with Crippen LogP contribution in [0.25, 0.3) is 0 Å². The predicted molar refractivity (Wildman–Crippen MR) is 78.1 cm³/mol. The lowest BCUT2D eigenvalue weighted by Crippen LogP contribution is -2.35. The monoisotopic (exact) mass is 279 g/mol. The van der Waals surface area contributed by atoms with Gasteiger partial charge in [-0.15, -0.1) is 0 Å². The first-order valence-corrected chi connectivity index (χ1v) is 7.12. The standard InChI is InChI=1S/C13H21N5O2/c1-3-6-14-13-15-8-11(18(19)20)12(16-13)17-7-4-5-10(2)9-17/h8,10H,3-7,9H2,1-2H3,(H,14,15,16). The molecule has 0 bridgehead atoms. The SMILES string of the molecule is CCCNc1ncc([N+](=O)[O-])c(N2CCCC(C)C2)n1. The fourth-order valence-electron chi connectivity index (χ4n) is 2.43. The molecule has 1 atom stereocenters. The van der Waals surface area contributed by atoms with Gasteiger partial charge in [0.2, 0.25) is 11.8 Å². The van der Waals surface area contributed by atoms with Crippen molar-refractivity contribution in [1.82, 2.24) is 9.97 Å². The summed E-state index contributed by atoms with van der Waals surface area (Å²) >= 11 is 0. The van der Waals surface area contributed by atoms with Crippen molar-refractivity contribution in [3.8, 4) is 0 Å². The van der Waals surface area contributed by atoms with Gasteiger partial charge < -0.3 is 10.2 Å². The fourth-order valence-corrected chi connectivity index (χ4v) is 2.43. The molecule has 0 spiro atoms. The second kappa shape index (κ2) is 6.49. The summed E-state index contributed by atoms with van der Waals surface area (Å²) in [6, 6.07) is 0. The van der Waals surface area contributed by atoms with E-state index < -0.39 is 4.92 Å². The van der Waals surface area contributed by atoms with E-state index in [9.17, 15) is 10.1 Å². The number of hydrogen-bond acceptors (Lipinski definition) is 6. The lowest BCUT2D eigenvalue weighted by Gasteiger charge is -2.31. The van der Waals surface area contributed by atoms with Crippen LogP contribution in [-0.2, 0) is 0 Å². The Bertz CT molecular complexity index is 480. The first-order valence-electron chi connectivity index (χ1n) is 7.12. The van der Waals surface area contributed by atoms with Gasteiger partial charge in [-0.25, -0.2) is 4.98 Å². The van der Waals surface area contributed by atoms with Gasteiger partial charge >= 0.3 is 5.69 Å².